The van der Waals surface area contributed by atoms with Crippen molar-refractivity contribution in [1.82, 2.24) is 5.32 Å². The number of hydrogen-bond acceptors (Lipinski definition) is 1. The summed E-state index contributed by atoms with van der Waals surface area (Å²) >= 11 is 3.46. The highest BCUT2D eigenvalue weighted by molar-refractivity contribution is 9.10. The Morgan fingerprint density at radius 1 is 1.14 bits per heavy atom. The van der Waals surface area contributed by atoms with Gasteiger partial charge in [-0.1, -0.05) is 52.3 Å². The van der Waals surface area contributed by atoms with E-state index in [9.17, 15) is 4.79 Å². The first-order valence-electron chi connectivity index (χ1n) is 7.18. The van der Waals surface area contributed by atoms with E-state index in [4.69, 9.17) is 0 Å². The normalized spacial score (nSPS) is 12.0. The molecule has 0 spiro atoms. The van der Waals surface area contributed by atoms with Crippen molar-refractivity contribution in [3.63, 3.8) is 0 Å². The molecular formula is C18H20BrNO. The van der Waals surface area contributed by atoms with Crippen molar-refractivity contribution in [2.45, 2.75) is 32.7 Å². The van der Waals surface area contributed by atoms with Gasteiger partial charge in [-0.15, -0.1) is 0 Å². The Bertz CT molecular complexity index is 610. The molecule has 0 fully saturated rings. The molecule has 1 amide bonds. The van der Waals surface area contributed by atoms with Crippen LogP contribution in [0.2, 0.25) is 0 Å². The van der Waals surface area contributed by atoms with E-state index in [0.29, 0.717) is 0 Å². The molecule has 2 aromatic carbocycles. The van der Waals surface area contributed by atoms with Gasteiger partial charge in [-0.25, -0.2) is 0 Å². The summed E-state index contributed by atoms with van der Waals surface area (Å²) < 4.78 is 0.965. The summed E-state index contributed by atoms with van der Waals surface area (Å²) in [5.74, 6) is -0.00522. The van der Waals surface area contributed by atoms with Crippen molar-refractivity contribution in [1.29, 1.82) is 0 Å². The number of aryl methyl sites for hydroxylation is 1. The second-order valence-corrected chi connectivity index (χ2v) is 6.17. The fourth-order valence-electron chi connectivity index (χ4n) is 2.26. The third kappa shape index (κ3) is 4.43. The van der Waals surface area contributed by atoms with Crippen LogP contribution < -0.4 is 5.32 Å². The highest BCUT2D eigenvalue weighted by Crippen LogP contribution is 2.19. The molecular weight excluding hydrogens is 326 g/mol. The molecule has 0 aliphatic heterocycles. The van der Waals surface area contributed by atoms with Gasteiger partial charge in [-0.05, 0) is 49.9 Å². The molecule has 0 aliphatic rings. The van der Waals surface area contributed by atoms with Crippen LogP contribution in [0.1, 0.15) is 34.8 Å². The van der Waals surface area contributed by atoms with Gasteiger partial charge in [0.15, 0.2) is 0 Å². The quantitative estimate of drug-likeness (QED) is 0.848. The van der Waals surface area contributed by atoms with Gasteiger partial charge in [-0.3, -0.25) is 4.79 Å². The number of rotatable bonds is 5. The maximum atomic E-state index is 12.3. The summed E-state index contributed by atoms with van der Waals surface area (Å²) in [6, 6.07) is 16.2. The predicted molar refractivity (Wildman–Crippen MR) is 90.6 cm³/mol. The lowest BCUT2D eigenvalue weighted by Gasteiger charge is -2.15. The summed E-state index contributed by atoms with van der Waals surface area (Å²) in [5, 5.41) is 3.07. The molecule has 1 atom stereocenters. The monoisotopic (exact) mass is 345 g/mol. The molecule has 0 radical (unpaired) electrons. The first kappa shape index (κ1) is 15.8. The fraction of sp³-hybridized carbons (Fsp3) is 0.278. The lowest BCUT2D eigenvalue weighted by atomic mass is 10.0. The predicted octanol–water partition coefficient (Wildman–Crippen LogP) is 4.51. The Balaban J connectivity index is 1.92. The molecule has 21 heavy (non-hydrogen) atoms. The maximum absolute atomic E-state index is 12.3. The lowest BCUT2D eigenvalue weighted by molar-refractivity contribution is 0.0938. The van der Waals surface area contributed by atoms with Crippen LogP contribution >= 0.6 is 15.9 Å². The van der Waals surface area contributed by atoms with Crippen molar-refractivity contribution >= 4 is 21.8 Å². The fourth-order valence-corrected chi connectivity index (χ4v) is 2.62. The Morgan fingerprint density at radius 3 is 2.57 bits per heavy atom. The number of nitrogens with one attached hydrogen (secondary N) is 1. The third-order valence-electron chi connectivity index (χ3n) is 3.60. The summed E-state index contributed by atoms with van der Waals surface area (Å²) in [6.45, 7) is 4.00. The van der Waals surface area contributed by atoms with E-state index >= 15 is 0 Å². The Hall–Kier alpha value is -1.61. The van der Waals surface area contributed by atoms with Crippen LogP contribution in [-0.4, -0.2) is 11.9 Å². The molecule has 0 saturated carbocycles. The second-order valence-electron chi connectivity index (χ2n) is 5.31. The van der Waals surface area contributed by atoms with Crippen LogP contribution in [0, 0.1) is 6.92 Å². The van der Waals surface area contributed by atoms with Gasteiger partial charge in [0.2, 0.25) is 0 Å². The average molecular weight is 346 g/mol. The zero-order valence-corrected chi connectivity index (χ0v) is 14.0. The van der Waals surface area contributed by atoms with Crippen LogP contribution in [0.4, 0.5) is 0 Å². The molecule has 0 aliphatic carbocycles. The number of carbonyl (C=O) groups is 1. The van der Waals surface area contributed by atoms with Crippen LogP contribution in [0.5, 0.6) is 0 Å². The highest BCUT2D eigenvalue weighted by Gasteiger charge is 2.13. The van der Waals surface area contributed by atoms with Crippen LogP contribution in [0.15, 0.2) is 53.0 Å². The van der Waals surface area contributed by atoms with Crippen molar-refractivity contribution < 1.29 is 4.79 Å². The summed E-state index contributed by atoms with van der Waals surface area (Å²) in [5.41, 5.74) is 3.01. The topological polar surface area (TPSA) is 29.1 Å². The Labute approximate surface area is 134 Å². The van der Waals surface area contributed by atoms with Gasteiger partial charge in [0, 0.05) is 16.1 Å². The Kier molecular flexibility index (Phi) is 5.57. The van der Waals surface area contributed by atoms with E-state index in [-0.39, 0.29) is 11.9 Å². The minimum absolute atomic E-state index is 0.00522. The van der Waals surface area contributed by atoms with Gasteiger partial charge < -0.3 is 5.32 Å². The second kappa shape index (κ2) is 7.41. The van der Waals surface area contributed by atoms with Crippen molar-refractivity contribution in [2.24, 2.45) is 0 Å². The zero-order chi connectivity index (χ0) is 15.2. The van der Waals surface area contributed by atoms with Crippen LogP contribution in [-0.2, 0) is 6.42 Å². The molecule has 1 unspecified atom stereocenters. The van der Waals surface area contributed by atoms with E-state index < -0.39 is 0 Å². The average Bonchev–Trinajstić information content (AvgIpc) is 2.49. The third-order valence-corrected chi connectivity index (χ3v) is 4.46. The van der Waals surface area contributed by atoms with Gasteiger partial charge in [0.05, 0.1) is 0 Å². The van der Waals surface area contributed by atoms with Crippen molar-refractivity contribution in [2.75, 3.05) is 0 Å². The molecule has 0 aromatic heterocycles. The van der Waals surface area contributed by atoms with Crippen molar-refractivity contribution in [3.05, 3.63) is 69.7 Å². The number of amides is 1. The highest BCUT2D eigenvalue weighted by atomic mass is 79.9. The molecule has 2 rings (SSSR count). The number of carbonyl (C=O) groups excluding carboxylic acids is 1. The summed E-state index contributed by atoms with van der Waals surface area (Å²) in [6.07, 6.45) is 1.91. The van der Waals surface area contributed by atoms with E-state index in [1.165, 1.54) is 5.56 Å². The van der Waals surface area contributed by atoms with E-state index in [2.05, 4.69) is 33.4 Å². The summed E-state index contributed by atoms with van der Waals surface area (Å²) in [4.78, 5) is 12.3. The number of halogens is 1. The minimum atomic E-state index is -0.00522. The number of benzene rings is 2. The molecule has 110 valence electrons. The van der Waals surface area contributed by atoms with Gasteiger partial charge >= 0.3 is 0 Å². The Morgan fingerprint density at radius 2 is 1.86 bits per heavy atom. The molecule has 0 bridgehead atoms. The molecule has 0 heterocycles. The maximum Gasteiger partial charge on any atom is 0.251 e. The molecule has 1 N–H and O–H groups in total. The first-order valence-corrected chi connectivity index (χ1v) is 7.97. The molecule has 0 saturated heterocycles. The van der Waals surface area contributed by atoms with Crippen LogP contribution in [0.25, 0.3) is 0 Å². The van der Waals surface area contributed by atoms with Crippen molar-refractivity contribution in [3.8, 4) is 0 Å². The van der Waals surface area contributed by atoms with Gasteiger partial charge in [0.1, 0.15) is 0 Å². The standard InChI is InChI=1S/C18H20BrNO/c1-13(11-12-15-7-4-3-5-8-15)20-18(21)16-9-6-10-17(19)14(16)2/h3-10,13H,11-12H2,1-2H3,(H,20,21). The largest absolute Gasteiger partial charge is 0.350 e. The van der Waals surface area contributed by atoms with E-state index in [1.807, 2.05) is 50.2 Å². The molecule has 3 heteroatoms. The molecule has 2 nitrogen and oxygen atoms in total. The summed E-state index contributed by atoms with van der Waals surface area (Å²) in [7, 11) is 0. The minimum Gasteiger partial charge on any atom is -0.350 e. The van der Waals surface area contributed by atoms with E-state index in [0.717, 1.165) is 28.4 Å². The molecule has 2 aromatic rings. The first-order chi connectivity index (χ1) is 10.1. The SMILES string of the molecule is Cc1c(Br)cccc1C(=O)NC(C)CCc1ccccc1. The lowest BCUT2D eigenvalue weighted by Crippen LogP contribution is -2.33. The zero-order valence-electron chi connectivity index (χ0n) is 12.4. The van der Waals surface area contributed by atoms with E-state index in [1.54, 1.807) is 0 Å². The van der Waals surface area contributed by atoms with Crippen LogP contribution in [0.3, 0.4) is 0 Å². The van der Waals surface area contributed by atoms with Gasteiger partial charge in [0.25, 0.3) is 5.91 Å². The van der Waals surface area contributed by atoms with Gasteiger partial charge in [-0.2, -0.15) is 0 Å². The smallest absolute Gasteiger partial charge is 0.251 e. The number of hydrogen-bond donors (Lipinski definition) is 1.